The number of alkyl halides is 1. The Kier molecular flexibility index (Phi) is 2.52. The van der Waals surface area contributed by atoms with Gasteiger partial charge in [-0.1, -0.05) is 11.3 Å². The molecule has 2 aromatic rings. The maximum absolute atomic E-state index is 5.83. The highest BCUT2D eigenvalue weighted by molar-refractivity contribution is 7.20. The molecule has 1 aromatic carbocycles. The van der Waals surface area contributed by atoms with E-state index in [0.717, 1.165) is 26.4 Å². The largest absolute Gasteiger partial charge is 0.487 e. The highest BCUT2D eigenvalue weighted by Crippen LogP contribution is 2.34. The van der Waals surface area contributed by atoms with E-state index in [1.165, 1.54) is 0 Å². The molecule has 0 atom stereocenters. The second-order valence-corrected chi connectivity index (χ2v) is 4.31. The molecule has 1 aromatic heterocycles. The summed E-state index contributed by atoms with van der Waals surface area (Å²) in [5, 5.41) is 2.00. The van der Waals surface area contributed by atoms with Gasteiger partial charge in [-0.05, 0) is 29.1 Å². The Morgan fingerprint density at radius 3 is 2.86 bits per heavy atom. The van der Waals surface area contributed by atoms with Gasteiger partial charge in [0.05, 0.1) is 7.11 Å². The summed E-state index contributed by atoms with van der Waals surface area (Å²) < 4.78 is 6.32. The molecule has 0 aliphatic carbocycles. The molecule has 4 heteroatoms. The van der Waals surface area contributed by atoms with E-state index >= 15 is 0 Å². The Morgan fingerprint density at radius 1 is 1.43 bits per heavy atom. The minimum Gasteiger partial charge on any atom is -0.487 e. The first kappa shape index (κ1) is 9.62. The van der Waals surface area contributed by atoms with Crippen LogP contribution in [0.25, 0.3) is 10.1 Å². The number of anilines is 1. The van der Waals surface area contributed by atoms with E-state index < -0.39 is 0 Å². The molecule has 0 aliphatic heterocycles. The number of thiophene rings is 1. The summed E-state index contributed by atoms with van der Waals surface area (Å²) in [6, 6.07) is 5.94. The molecule has 0 bridgehead atoms. The fraction of sp³-hybridized carbons (Fsp3) is 0.200. The van der Waals surface area contributed by atoms with Crippen molar-refractivity contribution in [3.05, 3.63) is 23.8 Å². The van der Waals surface area contributed by atoms with Gasteiger partial charge in [0.1, 0.15) is 0 Å². The molecule has 0 saturated heterocycles. The lowest BCUT2D eigenvalue weighted by Gasteiger charge is -2.00. The average molecular weight is 228 g/mol. The van der Waals surface area contributed by atoms with Crippen LogP contribution in [0.3, 0.4) is 0 Å². The molecule has 14 heavy (non-hydrogen) atoms. The number of rotatable bonds is 2. The van der Waals surface area contributed by atoms with Crippen molar-refractivity contribution >= 4 is 38.7 Å². The van der Waals surface area contributed by atoms with E-state index in [1.54, 1.807) is 18.4 Å². The summed E-state index contributed by atoms with van der Waals surface area (Å²) in [5.41, 5.74) is 7.55. The molecule has 0 amide bonds. The number of ether oxygens (including phenoxy) is 1. The predicted molar refractivity (Wildman–Crippen MR) is 62.3 cm³/mol. The lowest BCUT2D eigenvalue weighted by Crippen LogP contribution is -1.90. The number of fused-ring (bicyclic) bond motifs is 1. The molecule has 2 rings (SSSR count). The number of nitrogens with two attached hydrogens (primary N) is 1. The molecule has 74 valence electrons. The number of nitrogen functional groups attached to an aromatic ring is 1. The maximum Gasteiger partial charge on any atom is 0.174 e. The molecular formula is C10H10ClNOS. The number of halogens is 1. The standard InChI is InChI=1S/C10H10ClNOS/c1-13-10-4-6-2-8(12)7(5-11)3-9(6)14-10/h2-4H,5,12H2,1H3. The van der Waals surface area contributed by atoms with Gasteiger partial charge in [-0.3, -0.25) is 0 Å². The van der Waals surface area contributed by atoms with Crippen molar-refractivity contribution in [2.45, 2.75) is 5.88 Å². The SMILES string of the molecule is COc1cc2cc(N)c(CCl)cc2s1. The Hall–Kier alpha value is -0.930. The number of hydrogen-bond donors (Lipinski definition) is 1. The molecular weight excluding hydrogens is 218 g/mol. The molecule has 0 spiro atoms. The second kappa shape index (κ2) is 3.67. The fourth-order valence-electron chi connectivity index (χ4n) is 1.34. The fourth-order valence-corrected chi connectivity index (χ4v) is 2.49. The van der Waals surface area contributed by atoms with Gasteiger partial charge in [-0.15, -0.1) is 11.6 Å². The van der Waals surface area contributed by atoms with Gasteiger partial charge in [0.25, 0.3) is 0 Å². The van der Waals surface area contributed by atoms with Crippen LogP contribution in [-0.4, -0.2) is 7.11 Å². The molecule has 0 radical (unpaired) electrons. The van der Waals surface area contributed by atoms with Crippen molar-refractivity contribution in [2.24, 2.45) is 0 Å². The molecule has 0 unspecified atom stereocenters. The zero-order valence-electron chi connectivity index (χ0n) is 7.71. The lowest BCUT2D eigenvalue weighted by molar-refractivity contribution is 0.427. The smallest absolute Gasteiger partial charge is 0.174 e. The van der Waals surface area contributed by atoms with Crippen molar-refractivity contribution in [3.63, 3.8) is 0 Å². The van der Waals surface area contributed by atoms with Crippen molar-refractivity contribution in [1.82, 2.24) is 0 Å². The summed E-state index contributed by atoms with van der Waals surface area (Å²) in [4.78, 5) is 0. The van der Waals surface area contributed by atoms with Crippen LogP contribution in [0.4, 0.5) is 5.69 Å². The van der Waals surface area contributed by atoms with Crippen LogP contribution in [-0.2, 0) is 5.88 Å². The van der Waals surface area contributed by atoms with Gasteiger partial charge < -0.3 is 10.5 Å². The minimum absolute atomic E-state index is 0.446. The monoisotopic (exact) mass is 227 g/mol. The van der Waals surface area contributed by atoms with Gasteiger partial charge >= 0.3 is 0 Å². The molecule has 2 nitrogen and oxygen atoms in total. The molecule has 2 N–H and O–H groups in total. The zero-order chi connectivity index (χ0) is 10.1. The highest BCUT2D eigenvalue weighted by atomic mass is 35.5. The topological polar surface area (TPSA) is 35.2 Å². The first-order valence-electron chi connectivity index (χ1n) is 4.16. The zero-order valence-corrected chi connectivity index (χ0v) is 9.28. The van der Waals surface area contributed by atoms with Gasteiger partial charge in [-0.25, -0.2) is 0 Å². The first-order chi connectivity index (χ1) is 6.74. The average Bonchev–Trinajstić information content (AvgIpc) is 2.58. The second-order valence-electron chi connectivity index (χ2n) is 2.99. The number of hydrogen-bond acceptors (Lipinski definition) is 3. The number of methoxy groups -OCH3 is 1. The van der Waals surface area contributed by atoms with E-state index in [4.69, 9.17) is 22.1 Å². The number of benzene rings is 1. The summed E-state index contributed by atoms with van der Waals surface area (Å²) in [6.45, 7) is 0. The van der Waals surface area contributed by atoms with Gasteiger partial charge in [0.15, 0.2) is 5.06 Å². The predicted octanol–water partition coefficient (Wildman–Crippen LogP) is 3.23. The van der Waals surface area contributed by atoms with Crippen molar-refractivity contribution in [2.75, 3.05) is 12.8 Å². The van der Waals surface area contributed by atoms with Gasteiger partial charge in [0.2, 0.25) is 0 Å². The Bertz CT molecular complexity index is 466. The Labute approximate surface area is 91.2 Å². The van der Waals surface area contributed by atoms with Crippen LogP contribution >= 0.6 is 22.9 Å². The Morgan fingerprint density at radius 2 is 2.21 bits per heavy atom. The van der Waals surface area contributed by atoms with Crippen molar-refractivity contribution in [3.8, 4) is 5.06 Å². The summed E-state index contributed by atoms with van der Waals surface area (Å²) in [6.07, 6.45) is 0. The Balaban J connectivity index is 2.64. The first-order valence-corrected chi connectivity index (χ1v) is 5.51. The van der Waals surface area contributed by atoms with Crippen LogP contribution in [0.5, 0.6) is 5.06 Å². The molecule has 0 saturated carbocycles. The highest BCUT2D eigenvalue weighted by Gasteiger charge is 2.05. The summed E-state index contributed by atoms with van der Waals surface area (Å²) >= 11 is 7.37. The maximum atomic E-state index is 5.83. The van der Waals surface area contributed by atoms with Crippen LogP contribution < -0.4 is 10.5 Å². The van der Waals surface area contributed by atoms with E-state index in [0.29, 0.717) is 5.88 Å². The van der Waals surface area contributed by atoms with E-state index in [1.807, 2.05) is 18.2 Å². The van der Waals surface area contributed by atoms with Crippen LogP contribution in [0, 0.1) is 0 Å². The third kappa shape index (κ3) is 1.53. The molecule has 0 aliphatic rings. The van der Waals surface area contributed by atoms with E-state index in [-0.39, 0.29) is 0 Å². The van der Waals surface area contributed by atoms with E-state index in [9.17, 15) is 0 Å². The van der Waals surface area contributed by atoms with Crippen molar-refractivity contribution in [1.29, 1.82) is 0 Å². The third-order valence-corrected chi connectivity index (χ3v) is 3.45. The summed E-state index contributed by atoms with van der Waals surface area (Å²) in [7, 11) is 1.66. The third-order valence-electron chi connectivity index (χ3n) is 2.10. The van der Waals surface area contributed by atoms with Crippen LogP contribution in [0.15, 0.2) is 18.2 Å². The van der Waals surface area contributed by atoms with E-state index in [2.05, 4.69) is 0 Å². The summed E-state index contributed by atoms with van der Waals surface area (Å²) in [5.74, 6) is 0.446. The molecule has 1 heterocycles. The minimum atomic E-state index is 0.446. The quantitative estimate of drug-likeness (QED) is 0.632. The normalized spacial score (nSPS) is 10.7. The lowest BCUT2D eigenvalue weighted by atomic mass is 10.1. The van der Waals surface area contributed by atoms with Gasteiger partial charge in [0, 0.05) is 16.3 Å². The van der Waals surface area contributed by atoms with Crippen molar-refractivity contribution < 1.29 is 4.74 Å². The van der Waals surface area contributed by atoms with Crippen LogP contribution in [0.1, 0.15) is 5.56 Å². The molecule has 0 fully saturated rings. The van der Waals surface area contributed by atoms with Gasteiger partial charge in [-0.2, -0.15) is 0 Å². The van der Waals surface area contributed by atoms with Crippen LogP contribution in [0.2, 0.25) is 0 Å².